The maximum atomic E-state index is 11.7. The first kappa shape index (κ1) is 9.59. The van der Waals surface area contributed by atoms with Gasteiger partial charge in [-0.2, -0.15) is 0 Å². The molecule has 0 unspecified atom stereocenters. The quantitative estimate of drug-likeness (QED) is 0.642. The van der Waals surface area contributed by atoms with E-state index in [9.17, 15) is 9.59 Å². The molecule has 0 aliphatic heterocycles. The Kier molecular flexibility index (Phi) is 2.59. The van der Waals surface area contributed by atoms with E-state index >= 15 is 0 Å². The molecule has 0 fully saturated rings. The fraction of sp³-hybridized carbons (Fsp3) is 0.0769. The average molecular weight is 198 g/mol. The maximum Gasteiger partial charge on any atom is 0.186 e. The number of allylic oxidation sites excluding steroid dienone is 4. The van der Waals surface area contributed by atoms with E-state index in [1.165, 1.54) is 6.08 Å². The second-order valence-electron chi connectivity index (χ2n) is 3.32. The highest BCUT2D eigenvalue weighted by atomic mass is 16.1. The Balaban J connectivity index is 2.57. The van der Waals surface area contributed by atoms with Gasteiger partial charge >= 0.3 is 0 Å². The lowest BCUT2D eigenvalue weighted by Gasteiger charge is -2.03. The van der Waals surface area contributed by atoms with Crippen molar-refractivity contribution in [2.24, 2.45) is 0 Å². The summed E-state index contributed by atoms with van der Waals surface area (Å²) in [5.74, 6) is -0.135. The molecule has 0 saturated heterocycles. The van der Waals surface area contributed by atoms with Crippen LogP contribution < -0.4 is 0 Å². The summed E-state index contributed by atoms with van der Waals surface area (Å²) in [5, 5.41) is 0. The summed E-state index contributed by atoms with van der Waals surface area (Å²) in [7, 11) is 0. The SMILES string of the molecule is O=C1/C=C\C=C/CC(=O)c2ccccc21. The monoisotopic (exact) mass is 198 g/mol. The van der Waals surface area contributed by atoms with Gasteiger partial charge in [0.2, 0.25) is 0 Å². The van der Waals surface area contributed by atoms with E-state index in [2.05, 4.69) is 0 Å². The van der Waals surface area contributed by atoms with E-state index in [-0.39, 0.29) is 11.6 Å². The maximum absolute atomic E-state index is 11.7. The molecule has 0 bridgehead atoms. The molecule has 0 saturated carbocycles. The molecule has 0 N–H and O–H groups in total. The van der Waals surface area contributed by atoms with Crippen LogP contribution in [0.15, 0.2) is 48.6 Å². The zero-order valence-electron chi connectivity index (χ0n) is 8.14. The van der Waals surface area contributed by atoms with Crippen molar-refractivity contribution in [1.82, 2.24) is 0 Å². The Bertz CT molecular complexity index is 467. The highest BCUT2D eigenvalue weighted by molar-refractivity contribution is 6.13. The molecule has 0 atom stereocenters. The van der Waals surface area contributed by atoms with Crippen molar-refractivity contribution in [2.75, 3.05) is 0 Å². The summed E-state index contributed by atoms with van der Waals surface area (Å²) in [6.07, 6.45) is 6.97. The van der Waals surface area contributed by atoms with E-state index < -0.39 is 0 Å². The van der Waals surface area contributed by atoms with Crippen LogP contribution in [-0.4, -0.2) is 11.6 Å². The van der Waals surface area contributed by atoms with Gasteiger partial charge in [0, 0.05) is 17.5 Å². The van der Waals surface area contributed by atoms with Crippen LogP contribution in [0.4, 0.5) is 0 Å². The molecule has 1 aliphatic rings. The second kappa shape index (κ2) is 4.05. The standard InChI is InChI=1S/C13H10O2/c14-12-8-2-1-3-9-13(15)11-7-5-4-6-10(11)12/h1-8H,9H2/b3-1-,8-2-. The molecule has 0 spiro atoms. The van der Waals surface area contributed by atoms with Crippen LogP contribution in [0.25, 0.3) is 0 Å². The Hall–Kier alpha value is -1.96. The number of hydrogen-bond acceptors (Lipinski definition) is 2. The predicted octanol–water partition coefficient (Wildman–Crippen LogP) is 2.57. The molecule has 1 aliphatic carbocycles. The zero-order valence-corrected chi connectivity index (χ0v) is 8.14. The molecular formula is C13H10O2. The number of fused-ring (bicyclic) bond motifs is 1. The molecule has 2 nitrogen and oxygen atoms in total. The molecule has 0 radical (unpaired) electrons. The summed E-state index contributed by atoms with van der Waals surface area (Å²) in [6.45, 7) is 0. The van der Waals surface area contributed by atoms with Crippen molar-refractivity contribution in [3.05, 3.63) is 59.7 Å². The normalized spacial score (nSPS) is 19.7. The average Bonchev–Trinajstić information content (AvgIpc) is 2.33. The first-order valence-electron chi connectivity index (χ1n) is 4.79. The smallest absolute Gasteiger partial charge is 0.186 e. The Morgan fingerprint density at radius 1 is 0.933 bits per heavy atom. The minimum Gasteiger partial charge on any atom is -0.294 e. The van der Waals surface area contributed by atoms with Gasteiger partial charge in [0.25, 0.3) is 0 Å². The Morgan fingerprint density at radius 2 is 1.67 bits per heavy atom. The van der Waals surface area contributed by atoms with Crippen LogP contribution >= 0.6 is 0 Å². The number of hydrogen-bond donors (Lipinski definition) is 0. The van der Waals surface area contributed by atoms with Crippen molar-refractivity contribution in [2.45, 2.75) is 6.42 Å². The van der Waals surface area contributed by atoms with Gasteiger partial charge in [-0.15, -0.1) is 0 Å². The van der Waals surface area contributed by atoms with E-state index in [4.69, 9.17) is 0 Å². The predicted molar refractivity (Wildman–Crippen MR) is 58.0 cm³/mol. The molecule has 0 aromatic heterocycles. The highest BCUT2D eigenvalue weighted by Crippen LogP contribution is 2.14. The minimum atomic E-state index is -0.120. The third-order valence-corrected chi connectivity index (χ3v) is 2.29. The van der Waals surface area contributed by atoms with Crippen LogP contribution in [0.2, 0.25) is 0 Å². The topological polar surface area (TPSA) is 34.1 Å². The van der Waals surface area contributed by atoms with Gasteiger partial charge in [0.15, 0.2) is 11.6 Å². The number of benzene rings is 1. The molecule has 2 heteroatoms. The number of rotatable bonds is 0. The molecule has 0 amide bonds. The fourth-order valence-electron chi connectivity index (χ4n) is 1.54. The molecule has 0 heterocycles. The van der Waals surface area contributed by atoms with Crippen molar-refractivity contribution in [1.29, 1.82) is 0 Å². The zero-order chi connectivity index (χ0) is 10.7. The Morgan fingerprint density at radius 3 is 2.47 bits per heavy atom. The van der Waals surface area contributed by atoms with Gasteiger partial charge in [-0.1, -0.05) is 42.5 Å². The lowest BCUT2D eigenvalue weighted by atomic mass is 9.99. The van der Waals surface area contributed by atoms with Crippen LogP contribution in [0.1, 0.15) is 27.1 Å². The number of carbonyl (C=O) groups is 2. The van der Waals surface area contributed by atoms with Crippen LogP contribution in [0.3, 0.4) is 0 Å². The minimum absolute atomic E-state index is 0.0149. The number of Topliss-reactive ketones (excluding diaryl/α,β-unsaturated/α-hetero) is 1. The van der Waals surface area contributed by atoms with Gasteiger partial charge < -0.3 is 0 Å². The van der Waals surface area contributed by atoms with E-state index in [1.54, 1.807) is 42.5 Å². The van der Waals surface area contributed by atoms with Gasteiger partial charge in [0.05, 0.1) is 0 Å². The number of ketones is 2. The van der Waals surface area contributed by atoms with Gasteiger partial charge in [-0.25, -0.2) is 0 Å². The summed E-state index contributed by atoms with van der Waals surface area (Å²) < 4.78 is 0. The second-order valence-corrected chi connectivity index (χ2v) is 3.32. The molecule has 15 heavy (non-hydrogen) atoms. The van der Waals surface area contributed by atoms with Crippen LogP contribution in [0.5, 0.6) is 0 Å². The van der Waals surface area contributed by atoms with E-state index in [0.29, 0.717) is 17.5 Å². The molecule has 1 aromatic rings. The van der Waals surface area contributed by atoms with Crippen molar-refractivity contribution in [3.8, 4) is 0 Å². The van der Waals surface area contributed by atoms with Crippen LogP contribution in [0, 0.1) is 0 Å². The van der Waals surface area contributed by atoms with Crippen LogP contribution in [-0.2, 0) is 0 Å². The number of carbonyl (C=O) groups excluding carboxylic acids is 2. The third kappa shape index (κ3) is 1.94. The largest absolute Gasteiger partial charge is 0.294 e. The molecular weight excluding hydrogens is 188 g/mol. The van der Waals surface area contributed by atoms with E-state index in [0.717, 1.165) is 0 Å². The van der Waals surface area contributed by atoms with Gasteiger partial charge in [0.1, 0.15) is 0 Å². The van der Waals surface area contributed by atoms with Gasteiger partial charge in [-0.3, -0.25) is 9.59 Å². The summed E-state index contributed by atoms with van der Waals surface area (Å²) in [4.78, 5) is 23.4. The lowest BCUT2D eigenvalue weighted by molar-refractivity contribution is 0.0980. The summed E-state index contributed by atoms with van der Waals surface area (Å²) in [5.41, 5.74) is 1.00. The highest BCUT2D eigenvalue weighted by Gasteiger charge is 2.14. The first-order chi connectivity index (χ1) is 7.29. The van der Waals surface area contributed by atoms with Crippen molar-refractivity contribution >= 4 is 11.6 Å². The molecule has 2 rings (SSSR count). The van der Waals surface area contributed by atoms with Crippen molar-refractivity contribution < 1.29 is 9.59 Å². The first-order valence-corrected chi connectivity index (χ1v) is 4.79. The fourth-order valence-corrected chi connectivity index (χ4v) is 1.54. The third-order valence-electron chi connectivity index (χ3n) is 2.29. The van der Waals surface area contributed by atoms with E-state index in [1.807, 2.05) is 0 Å². The Labute approximate surface area is 87.9 Å². The molecule has 1 aromatic carbocycles. The lowest BCUT2D eigenvalue weighted by Crippen LogP contribution is -2.06. The van der Waals surface area contributed by atoms with Gasteiger partial charge in [-0.05, 0) is 6.08 Å². The van der Waals surface area contributed by atoms with Crippen molar-refractivity contribution in [3.63, 3.8) is 0 Å². The molecule has 74 valence electrons. The summed E-state index contributed by atoms with van der Waals surface area (Å²) in [6, 6.07) is 6.92. The summed E-state index contributed by atoms with van der Waals surface area (Å²) >= 11 is 0.